The number of aliphatic hydroxyl groups is 1. The van der Waals surface area contributed by atoms with Gasteiger partial charge in [0.1, 0.15) is 11.9 Å². The molecule has 1 aliphatic rings. The van der Waals surface area contributed by atoms with Gasteiger partial charge >= 0.3 is 0 Å². The molecule has 0 aliphatic heterocycles. The average molecular weight is 192 g/mol. The van der Waals surface area contributed by atoms with Crippen LogP contribution in [0, 0.1) is 0 Å². The standard InChI is InChI=1S/C11H12O3/c1-6-7(2)10(12)11(13)9(6)8-4-3-5-14-8/h3-5,9,11,13H,1-2H3/t9-,11-/m1/s1. The van der Waals surface area contributed by atoms with E-state index >= 15 is 0 Å². The summed E-state index contributed by atoms with van der Waals surface area (Å²) in [5, 5.41) is 9.72. The van der Waals surface area contributed by atoms with Crippen LogP contribution in [0.1, 0.15) is 25.5 Å². The number of carbonyl (C=O) groups is 1. The van der Waals surface area contributed by atoms with Crippen LogP contribution in [0.2, 0.25) is 0 Å². The number of Topliss-reactive ketones (excluding diaryl/α,β-unsaturated/α-hetero) is 1. The fourth-order valence-corrected chi connectivity index (χ4v) is 1.87. The number of hydrogen-bond acceptors (Lipinski definition) is 3. The molecular weight excluding hydrogens is 180 g/mol. The molecular formula is C11H12O3. The summed E-state index contributed by atoms with van der Waals surface area (Å²) in [6, 6.07) is 3.54. The lowest BCUT2D eigenvalue weighted by molar-refractivity contribution is -0.122. The van der Waals surface area contributed by atoms with Crippen molar-refractivity contribution in [2.45, 2.75) is 25.9 Å². The third-order valence-corrected chi connectivity index (χ3v) is 2.86. The molecule has 3 nitrogen and oxygen atoms in total. The Labute approximate surface area is 82.0 Å². The Bertz CT molecular complexity index is 387. The molecule has 1 aromatic rings. The van der Waals surface area contributed by atoms with Gasteiger partial charge < -0.3 is 9.52 Å². The minimum atomic E-state index is -0.971. The topological polar surface area (TPSA) is 50.4 Å². The number of ketones is 1. The Hall–Kier alpha value is -1.35. The van der Waals surface area contributed by atoms with Crippen molar-refractivity contribution in [3.8, 4) is 0 Å². The number of hydrogen-bond donors (Lipinski definition) is 1. The summed E-state index contributed by atoms with van der Waals surface area (Å²) >= 11 is 0. The highest BCUT2D eigenvalue weighted by atomic mass is 16.3. The van der Waals surface area contributed by atoms with Crippen LogP contribution < -0.4 is 0 Å². The van der Waals surface area contributed by atoms with Crippen molar-refractivity contribution in [2.75, 3.05) is 0 Å². The molecule has 1 aliphatic carbocycles. The monoisotopic (exact) mass is 192 g/mol. The number of carbonyl (C=O) groups excluding carboxylic acids is 1. The van der Waals surface area contributed by atoms with Gasteiger partial charge in [-0.1, -0.05) is 5.57 Å². The third-order valence-electron chi connectivity index (χ3n) is 2.86. The lowest BCUT2D eigenvalue weighted by Crippen LogP contribution is -2.21. The van der Waals surface area contributed by atoms with Gasteiger partial charge in [0.2, 0.25) is 0 Å². The average Bonchev–Trinajstić information content (AvgIpc) is 2.73. The molecule has 1 N–H and O–H groups in total. The van der Waals surface area contributed by atoms with E-state index in [2.05, 4.69) is 0 Å². The second-order valence-electron chi connectivity index (χ2n) is 3.61. The van der Waals surface area contributed by atoms with Gasteiger partial charge in [0, 0.05) is 0 Å². The van der Waals surface area contributed by atoms with Crippen LogP contribution in [0.5, 0.6) is 0 Å². The van der Waals surface area contributed by atoms with Crippen molar-refractivity contribution < 1.29 is 14.3 Å². The molecule has 0 radical (unpaired) electrons. The SMILES string of the molecule is CC1=C(C)[C@H](c2ccco2)[C@@H](O)C1=O. The van der Waals surface area contributed by atoms with Gasteiger partial charge in [-0.3, -0.25) is 4.79 Å². The van der Waals surface area contributed by atoms with Crippen LogP contribution in [-0.4, -0.2) is 17.0 Å². The maximum absolute atomic E-state index is 11.5. The predicted molar refractivity (Wildman–Crippen MR) is 50.8 cm³/mol. The molecule has 0 fully saturated rings. The molecule has 1 aromatic heterocycles. The summed E-state index contributed by atoms with van der Waals surface area (Å²) in [7, 11) is 0. The van der Waals surface area contributed by atoms with Crippen LogP contribution >= 0.6 is 0 Å². The molecule has 0 unspecified atom stereocenters. The van der Waals surface area contributed by atoms with E-state index < -0.39 is 6.10 Å². The van der Waals surface area contributed by atoms with Crippen LogP contribution in [0.4, 0.5) is 0 Å². The smallest absolute Gasteiger partial charge is 0.188 e. The second kappa shape index (κ2) is 3.10. The lowest BCUT2D eigenvalue weighted by Gasteiger charge is -2.12. The zero-order valence-electron chi connectivity index (χ0n) is 8.15. The Morgan fingerprint density at radius 1 is 1.43 bits per heavy atom. The second-order valence-corrected chi connectivity index (χ2v) is 3.61. The molecule has 0 saturated heterocycles. The van der Waals surface area contributed by atoms with Crippen LogP contribution in [-0.2, 0) is 4.79 Å². The van der Waals surface area contributed by atoms with Crippen molar-refractivity contribution in [2.24, 2.45) is 0 Å². The van der Waals surface area contributed by atoms with Crippen molar-refractivity contribution in [3.63, 3.8) is 0 Å². The largest absolute Gasteiger partial charge is 0.469 e. The van der Waals surface area contributed by atoms with Gasteiger partial charge in [-0.15, -0.1) is 0 Å². The zero-order valence-corrected chi connectivity index (χ0v) is 8.15. The summed E-state index contributed by atoms with van der Waals surface area (Å²) in [4.78, 5) is 11.5. The van der Waals surface area contributed by atoms with Crippen molar-refractivity contribution >= 4 is 5.78 Å². The van der Waals surface area contributed by atoms with Gasteiger partial charge in [0.15, 0.2) is 5.78 Å². The van der Waals surface area contributed by atoms with Gasteiger partial charge in [-0.05, 0) is 31.6 Å². The Balaban J connectivity index is 2.43. The van der Waals surface area contributed by atoms with Gasteiger partial charge in [0.05, 0.1) is 12.2 Å². The first kappa shape index (κ1) is 9.21. The first-order valence-corrected chi connectivity index (χ1v) is 4.56. The van der Waals surface area contributed by atoms with Gasteiger partial charge in [-0.2, -0.15) is 0 Å². The van der Waals surface area contributed by atoms with Crippen molar-refractivity contribution in [3.05, 3.63) is 35.3 Å². The van der Waals surface area contributed by atoms with E-state index in [0.717, 1.165) is 5.57 Å². The Kier molecular flexibility index (Phi) is 2.04. The molecule has 0 spiro atoms. The van der Waals surface area contributed by atoms with Crippen LogP contribution in [0.15, 0.2) is 34.0 Å². The Morgan fingerprint density at radius 3 is 2.57 bits per heavy atom. The Morgan fingerprint density at radius 2 is 2.14 bits per heavy atom. The summed E-state index contributed by atoms with van der Waals surface area (Å²) < 4.78 is 5.21. The molecule has 14 heavy (non-hydrogen) atoms. The summed E-state index contributed by atoms with van der Waals surface area (Å²) in [6.07, 6.45) is 0.578. The predicted octanol–water partition coefficient (Wildman–Crippen LogP) is 1.64. The van der Waals surface area contributed by atoms with Crippen LogP contribution in [0.3, 0.4) is 0 Å². The lowest BCUT2D eigenvalue weighted by atomic mass is 9.97. The van der Waals surface area contributed by atoms with Gasteiger partial charge in [0.25, 0.3) is 0 Å². The first-order valence-electron chi connectivity index (χ1n) is 4.56. The van der Waals surface area contributed by atoms with E-state index in [9.17, 15) is 9.90 Å². The maximum Gasteiger partial charge on any atom is 0.188 e. The van der Waals surface area contributed by atoms with Crippen molar-refractivity contribution in [1.29, 1.82) is 0 Å². The molecule has 1 heterocycles. The molecule has 2 atom stereocenters. The summed E-state index contributed by atoms with van der Waals surface area (Å²) in [5.74, 6) is 0.168. The normalized spacial score (nSPS) is 27.5. The minimum absolute atomic E-state index is 0.191. The molecule has 0 bridgehead atoms. The number of furan rings is 1. The van der Waals surface area contributed by atoms with E-state index in [4.69, 9.17) is 4.42 Å². The minimum Gasteiger partial charge on any atom is -0.469 e. The van der Waals surface area contributed by atoms with E-state index in [1.165, 1.54) is 0 Å². The number of rotatable bonds is 1. The molecule has 0 saturated carbocycles. The highest BCUT2D eigenvalue weighted by Crippen LogP contribution is 2.37. The highest BCUT2D eigenvalue weighted by Gasteiger charge is 2.38. The first-order chi connectivity index (χ1) is 6.63. The van der Waals surface area contributed by atoms with Gasteiger partial charge in [-0.25, -0.2) is 0 Å². The highest BCUT2D eigenvalue weighted by molar-refractivity contribution is 6.02. The van der Waals surface area contributed by atoms with Crippen molar-refractivity contribution in [1.82, 2.24) is 0 Å². The zero-order chi connectivity index (χ0) is 10.3. The molecule has 0 aromatic carbocycles. The molecule has 2 rings (SSSR count). The summed E-state index contributed by atoms with van der Waals surface area (Å²) in [6.45, 7) is 3.60. The van der Waals surface area contributed by atoms with Crippen LogP contribution in [0.25, 0.3) is 0 Å². The number of aliphatic hydroxyl groups excluding tert-OH is 1. The van der Waals surface area contributed by atoms with E-state index in [-0.39, 0.29) is 11.7 Å². The summed E-state index contributed by atoms with van der Waals surface area (Å²) in [5.41, 5.74) is 1.55. The van der Waals surface area contributed by atoms with E-state index in [0.29, 0.717) is 11.3 Å². The van der Waals surface area contributed by atoms with E-state index in [1.54, 1.807) is 25.3 Å². The molecule has 74 valence electrons. The fraction of sp³-hybridized carbons (Fsp3) is 0.364. The molecule has 0 amide bonds. The molecule has 3 heteroatoms. The third kappa shape index (κ3) is 1.13. The fourth-order valence-electron chi connectivity index (χ4n) is 1.87. The quantitative estimate of drug-likeness (QED) is 0.735. The maximum atomic E-state index is 11.5. The van der Waals surface area contributed by atoms with E-state index in [1.807, 2.05) is 6.92 Å².